The molecular weight excluding hydrogens is 358 g/mol. The highest BCUT2D eigenvalue weighted by Gasteiger charge is 2.09. The van der Waals surface area contributed by atoms with Crippen molar-refractivity contribution < 1.29 is 13.6 Å². The molecule has 0 aliphatic heterocycles. The average Bonchev–Trinajstić information content (AvgIpc) is 3.35. The number of thiazole rings is 1. The number of hydrogen-bond acceptors (Lipinski definition) is 7. The third kappa shape index (κ3) is 3.65. The molecule has 4 aromatic rings. The molecule has 0 spiro atoms. The van der Waals surface area contributed by atoms with Crippen LogP contribution >= 0.6 is 23.1 Å². The number of carbonyl (C=O) groups is 1. The Morgan fingerprint density at radius 3 is 2.96 bits per heavy atom. The monoisotopic (exact) mass is 369 g/mol. The number of rotatable bonds is 5. The van der Waals surface area contributed by atoms with Crippen molar-refractivity contribution in [1.82, 2.24) is 10.4 Å². The molecule has 4 rings (SSSR count). The van der Waals surface area contributed by atoms with Gasteiger partial charge in [-0.05, 0) is 48.2 Å². The van der Waals surface area contributed by atoms with Crippen molar-refractivity contribution in [2.75, 3.05) is 0 Å². The van der Waals surface area contributed by atoms with Crippen LogP contribution in [0, 0.1) is 0 Å². The first kappa shape index (κ1) is 15.7. The molecule has 0 saturated carbocycles. The van der Waals surface area contributed by atoms with Crippen molar-refractivity contribution in [1.29, 1.82) is 0 Å². The highest BCUT2D eigenvalue weighted by atomic mass is 32.2. The summed E-state index contributed by atoms with van der Waals surface area (Å²) in [5, 5.41) is 4.56. The smallest absolute Gasteiger partial charge is 0.307 e. The highest BCUT2D eigenvalue weighted by Crippen LogP contribution is 2.34. The molecule has 124 valence electrons. The maximum atomic E-state index is 11.7. The number of nitrogens with zero attached hydrogens (tertiary/aromatic N) is 2. The van der Waals surface area contributed by atoms with E-state index in [-0.39, 0.29) is 5.76 Å². The summed E-state index contributed by atoms with van der Waals surface area (Å²) in [5.74, 6) is 0.309. The van der Waals surface area contributed by atoms with Crippen LogP contribution in [0.1, 0.15) is 16.3 Å². The number of hydrogen-bond donors (Lipinski definition) is 1. The fraction of sp³-hybridized carbons (Fsp3) is 0. The summed E-state index contributed by atoms with van der Waals surface area (Å²) >= 11 is 3.06. The van der Waals surface area contributed by atoms with Gasteiger partial charge in [-0.15, -0.1) is 11.3 Å². The van der Waals surface area contributed by atoms with Crippen LogP contribution in [-0.2, 0) is 0 Å². The van der Waals surface area contributed by atoms with E-state index in [2.05, 4.69) is 15.5 Å². The van der Waals surface area contributed by atoms with Gasteiger partial charge in [-0.1, -0.05) is 12.1 Å². The minimum absolute atomic E-state index is 0.198. The van der Waals surface area contributed by atoms with E-state index >= 15 is 0 Å². The summed E-state index contributed by atoms with van der Waals surface area (Å²) in [6, 6.07) is 14.8. The van der Waals surface area contributed by atoms with Gasteiger partial charge in [0, 0.05) is 0 Å². The van der Waals surface area contributed by atoms with E-state index in [0.717, 1.165) is 14.6 Å². The molecule has 1 N–H and O–H groups in total. The zero-order valence-corrected chi connectivity index (χ0v) is 14.3. The first-order chi connectivity index (χ1) is 12.3. The standard InChI is InChI=1S/C17H11N3O3S2/c21-16(13-5-3-9-22-13)20-18-10-11-7-8-15(23-11)25-17-19-12-4-1-2-6-14(12)24-17/h1-10H,(H,20,21)/b18-10+. The average molecular weight is 369 g/mol. The van der Waals surface area contributed by atoms with Gasteiger partial charge in [-0.25, -0.2) is 10.4 Å². The summed E-state index contributed by atoms with van der Waals surface area (Å²) in [6.07, 6.45) is 2.86. The molecule has 3 aromatic heterocycles. The van der Waals surface area contributed by atoms with Gasteiger partial charge in [0.25, 0.3) is 0 Å². The molecule has 1 amide bonds. The fourth-order valence-electron chi connectivity index (χ4n) is 2.06. The Morgan fingerprint density at radius 2 is 2.12 bits per heavy atom. The Bertz CT molecular complexity index is 1000. The lowest BCUT2D eigenvalue weighted by molar-refractivity contribution is 0.0927. The summed E-state index contributed by atoms with van der Waals surface area (Å²) < 4.78 is 12.7. The Kier molecular flexibility index (Phi) is 4.36. The molecule has 1 aromatic carbocycles. The van der Waals surface area contributed by atoms with Crippen LogP contribution in [0.25, 0.3) is 10.2 Å². The van der Waals surface area contributed by atoms with Gasteiger partial charge in [0.2, 0.25) is 0 Å². The number of hydrazone groups is 1. The second-order valence-electron chi connectivity index (χ2n) is 4.88. The third-order valence-electron chi connectivity index (χ3n) is 3.17. The zero-order chi connectivity index (χ0) is 17.1. The molecular formula is C17H11N3O3S2. The van der Waals surface area contributed by atoms with Gasteiger partial charge >= 0.3 is 5.91 Å². The predicted molar refractivity (Wildman–Crippen MR) is 96.2 cm³/mol. The molecule has 0 unspecified atom stereocenters. The Hall–Kier alpha value is -2.84. The van der Waals surface area contributed by atoms with Gasteiger partial charge < -0.3 is 8.83 Å². The molecule has 3 heterocycles. The molecule has 0 bridgehead atoms. The third-order valence-corrected chi connectivity index (χ3v) is 5.18. The number of fused-ring (bicyclic) bond motifs is 1. The van der Waals surface area contributed by atoms with Crippen LogP contribution in [0.15, 0.2) is 78.2 Å². The minimum atomic E-state index is -0.420. The first-order valence-electron chi connectivity index (χ1n) is 7.28. The molecule has 6 nitrogen and oxygen atoms in total. The van der Waals surface area contributed by atoms with Crippen molar-refractivity contribution in [3.05, 3.63) is 66.3 Å². The molecule has 0 fully saturated rings. The molecule has 8 heteroatoms. The number of furan rings is 2. The van der Waals surface area contributed by atoms with E-state index in [0.29, 0.717) is 10.9 Å². The summed E-state index contributed by atoms with van der Waals surface area (Å²) in [4.78, 5) is 16.2. The van der Waals surface area contributed by atoms with Crippen LogP contribution < -0.4 is 5.43 Å². The SMILES string of the molecule is O=C(N/N=C/c1ccc(Sc2nc3ccccc3s2)o1)c1ccco1. The van der Waals surface area contributed by atoms with Gasteiger partial charge in [-0.3, -0.25) is 4.79 Å². The number of nitrogens with one attached hydrogen (secondary N) is 1. The van der Waals surface area contributed by atoms with Crippen molar-refractivity contribution in [2.24, 2.45) is 5.10 Å². The van der Waals surface area contributed by atoms with Gasteiger partial charge in [-0.2, -0.15) is 5.10 Å². The highest BCUT2D eigenvalue weighted by molar-refractivity contribution is 8.01. The quantitative estimate of drug-likeness (QED) is 0.417. The lowest BCUT2D eigenvalue weighted by atomic mass is 10.3. The Morgan fingerprint density at radius 1 is 1.20 bits per heavy atom. The zero-order valence-electron chi connectivity index (χ0n) is 12.7. The minimum Gasteiger partial charge on any atom is -0.459 e. The fourth-order valence-corrected chi connectivity index (χ4v) is 4.03. The Labute approximate surface area is 150 Å². The molecule has 0 saturated heterocycles. The normalized spacial score (nSPS) is 11.4. The van der Waals surface area contributed by atoms with Crippen LogP contribution in [0.4, 0.5) is 0 Å². The molecule has 0 atom stereocenters. The van der Waals surface area contributed by atoms with E-state index in [9.17, 15) is 4.79 Å². The second kappa shape index (κ2) is 6.96. The largest absolute Gasteiger partial charge is 0.459 e. The maximum Gasteiger partial charge on any atom is 0.307 e. The summed E-state index contributed by atoms with van der Waals surface area (Å²) in [5.41, 5.74) is 3.35. The predicted octanol–water partition coefficient (Wildman–Crippen LogP) is 4.40. The maximum absolute atomic E-state index is 11.7. The first-order valence-corrected chi connectivity index (χ1v) is 8.91. The van der Waals surface area contributed by atoms with E-state index in [4.69, 9.17) is 8.83 Å². The number of carbonyl (C=O) groups excluding carboxylic acids is 1. The van der Waals surface area contributed by atoms with Crippen LogP contribution in [0.2, 0.25) is 0 Å². The number of amides is 1. The van der Waals surface area contributed by atoms with E-state index in [1.807, 2.05) is 30.3 Å². The van der Waals surface area contributed by atoms with Crippen LogP contribution in [0.3, 0.4) is 0 Å². The number of aromatic nitrogens is 1. The van der Waals surface area contributed by atoms with Crippen LogP contribution in [0.5, 0.6) is 0 Å². The molecule has 0 aliphatic rings. The lowest BCUT2D eigenvalue weighted by Gasteiger charge is -1.94. The lowest BCUT2D eigenvalue weighted by Crippen LogP contribution is -2.16. The Balaban J connectivity index is 1.40. The topological polar surface area (TPSA) is 80.6 Å². The summed E-state index contributed by atoms with van der Waals surface area (Å²) in [6.45, 7) is 0. The van der Waals surface area contributed by atoms with Gasteiger partial charge in [0.15, 0.2) is 15.2 Å². The van der Waals surface area contributed by atoms with E-state index in [1.54, 1.807) is 29.5 Å². The van der Waals surface area contributed by atoms with E-state index < -0.39 is 5.91 Å². The van der Waals surface area contributed by atoms with Crippen molar-refractivity contribution in [2.45, 2.75) is 9.43 Å². The number of benzene rings is 1. The molecule has 25 heavy (non-hydrogen) atoms. The second-order valence-corrected chi connectivity index (χ2v) is 7.17. The van der Waals surface area contributed by atoms with Gasteiger partial charge in [0.05, 0.1) is 22.7 Å². The van der Waals surface area contributed by atoms with E-state index in [1.165, 1.54) is 24.2 Å². The number of para-hydroxylation sites is 1. The van der Waals surface area contributed by atoms with Crippen molar-refractivity contribution in [3.63, 3.8) is 0 Å². The van der Waals surface area contributed by atoms with Gasteiger partial charge in [0.1, 0.15) is 5.76 Å². The van der Waals surface area contributed by atoms with Crippen LogP contribution in [-0.4, -0.2) is 17.1 Å². The van der Waals surface area contributed by atoms with Crippen molar-refractivity contribution >= 4 is 45.4 Å². The molecule has 0 radical (unpaired) electrons. The molecule has 0 aliphatic carbocycles. The summed E-state index contributed by atoms with van der Waals surface area (Å²) in [7, 11) is 0. The van der Waals surface area contributed by atoms with Crippen molar-refractivity contribution in [3.8, 4) is 0 Å².